The van der Waals surface area contributed by atoms with Crippen molar-refractivity contribution in [3.63, 3.8) is 0 Å². The normalized spacial score (nSPS) is 16.4. The van der Waals surface area contributed by atoms with Gasteiger partial charge in [0.15, 0.2) is 0 Å². The van der Waals surface area contributed by atoms with E-state index in [9.17, 15) is 4.79 Å². The van der Waals surface area contributed by atoms with Crippen LogP contribution in [0, 0.1) is 0 Å². The molecule has 0 N–H and O–H groups in total. The van der Waals surface area contributed by atoms with Gasteiger partial charge in [0, 0.05) is 31.6 Å². The van der Waals surface area contributed by atoms with Gasteiger partial charge in [0.1, 0.15) is 23.0 Å². The summed E-state index contributed by atoms with van der Waals surface area (Å²) in [6, 6.07) is 9.90. The van der Waals surface area contributed by atoms with E-state index in [0.717, 1.165) is 42.9 Å². The fourth-order valence-corrected chi connectivity index (χ4v) is 2.58. The van der Waals surface area contributed by atoms with Crippen LogP contribution in [0.4, 0.5) is 0 Å². The Hall–Kier alpha value is -2.03. The van der Waals surface area contributed by atoms with Gasteiger partial charge >= 0.3 is 0 Å². The smallest absolute Gasteiger partial charge is 0.146 e. The molecule has 2 heterocycles. The van der Waals surface area contributed by atoms with E-state index in [0.29, 0.717) is 12.1 Å². The van der Waals surface area contributed by atoms with Crippen molar-refractivity contribution in [3.8, 4) is 0 Å². The van der Waals surface area contributed by atoms with Gasteiger partial charge in [-0.3, -0.25) is 0 Å². The third-order valence-corrected chi connectivity index (χ3v) is 3.82. The van der Waals surface area contributed by atoms with E-state index in [1.807, 2.05) is 30.3 Å². The molecular formula is C16H18N2O2. The van der Waals surface area contributed by atoms with Gasteiger partial charge in [-0.05, 0) is 19.2 Å². The summed E-state index contributed by atoms with van der Waals surface area (Å²) >= 11 is 0. The Morgan fingerprint density at radius 3 is 2.70 bits per heavy atom. The van der Waals surface area contributed by atoms with Crippen LogP contribution in [0.3, 0.4) is 0 Å². The van der Waals surface area contributed by atoms with Crippen molar-refractivity contribution in [1.29, 1.82) is 0 Å². The molecule has 0 radical (unpaired) electrons. The van der Waals surface area contributed by atoms with Gasteiger partial charge in [0.25, 0.3) is 0 Å². The zero-order chi connectivity index (χ0) is 13.9. The van der Waals surface area contributed by atoms with Crippen LogP contribution in [-0.4, -0.2) is 49.0 Å². The number of benzene rings is 1. The number of hydrogen-bond donors (Lipinski definition) is 0. The van der Waals surface area contributed by atoms with Gasteiger partial charge in [0.05, 0.1) is 6.42 Å². The Morgan fingerprint density at radius 2 is 2.00 bits per heavy atom. The summed E-state index contributed by atoms with van der Waals surface area (Å²) in [5, 5.41) is 1.08. The topological polar surface area (TPSA) is 36.7 Å². The molecule has 1 aromatic heterocycles. The van der Waals surface area contributed by atoms with Crippen LogP contribution in [0.15, 0.2) is 40.4 Å². The largest absolute Gasteiger partial charge is 0.461 e. The fraction of sp³-hybridized carbons (Fsp3) is 0.375. The minimum atomic E-state index is 0.516. The standard InChI is InChI=1S/C16H18N2O2/c1-17-6-8-18(9-7-17)14(12-19)11-15-10-13-4-2-3-5-16(13)20-15/h2-5,10H,6-9,11H2,1H3. The summed E-state index contributed by atoms with van der Waals surface area (Å²) in [6.45, 7) is 3.71. The van der Waals surface area contributed by atoms with Crippen molar-refractivity contribution < 1.29 is 9.21 Å². The first-order chi connectivity index (χ1) is 9.76. The third kappa shape index (κ3) is 2.62. The molecule has 0 unspecified atom stereocenters. The Kier molecular flexibility index (Phi) is 3.59. The number of rotatable bonds is 3. The first-order valence-corrected chi connectivity index (χ1v) is 6.91. The van der Waals surface area contributed by atoms with Gasteiger partial charge in [-0.15, -0.1) is 0 Å². The Bertz CT molecular complexity index is 614. The number of allylic oxidation sites excluding steroid dienone is 1. The van der Waals surface area contributed by atoms with Crippen LogP contribution >= 0.6 is 0 Å². The zero-order valence-corrected chi connectivity index (χ0v) is 11.6. The van der Waals surface area contributed by atoms with E-state index in [4.69, 9.17) is 4.42 Å². The van der Waals surface area contributed by atoms with Crippen LogP contribution in [-0.2, 0) is 11.2 Å². The summed E-state index contributed by atoms with van der Waals surface area (Å²) in [6.07, 6.45) is 0.516. The van der Waals surface area contributed by atoms with Crippen molar-refractivity contribution >= 4 is 16.9 Å². The van der Waals surface area contributed by atoms with E-state index in [1.165, 1.54) is 0 Å². The molecule has 20 heavy (non-hydrogen) atoms. The number of hydrogen-bond acceptors (Lipinski definition) is 4. The fourth-order valence-electron chi connectivity index (χ4n) is 2.58. The zero-order valence-electron chi connectivity index (χ0n) is 11.6. The maximum atomic E-state index is 11.2. The van der Waals surface area contributed by atoms with Gasteiger partial charge < -0.3 is 14.2 Å². The number of fused-ring (bicyclic) bond motifs is 1. The summed E-state index contributed by atoms with van der Waals surface area (Å²) in [7, 11) is 2.10. The van der Waals surface area contributed by atoms with Gasteiger partial charge in [0.2, 0.25) is 0 Å². The molecule has 1 aromatic carbocycles. The Morgan fingerprint density at radius 1 is 1.25 bits per heavy atom. The summed E-state index contributed by atoms with van der Waals surface area (Å²) in [5.41, 5.74) is 1.56. The average Bonchev–Trinajstić information content (AvgIpc) is 2.88. The molecule has 0 atom stereocenters. The highest BCUT2D eigenvalue weighted by Gasteiger charge is 2.18. The lowest BCUT2D eigenvalue weighted by Gasteiger charge is -2.33. The maximum absolute atomic E-state index is 11.2. The van der Waals surface area contributed by atoms with Crippen LogP contribution < -0.4 is 0 Å². The molecule has 0 spiro atoms. The highest BCUT2D eigenvalue weighted by molar-refractivity contribution is 5.77. The first-order valence-electron chi connectivity index (χ1n) is 6.91. The van der Waals surface area contributed by atoms with Crippen LogP contribution in [0.5, 0.6) is 0 Å². The highest BCUT2D eigenvalue weighted by atomic mass is 16.3. The van der Waals surface area contributed by atoms with Crippen molar-refractivity contribution in [2.24, 2.45) is 0 Å². The number of likely N-dealkylation sites (N-methyl/N-ethyl adjacent to an activating group) is 1. The minimum Gasteiger partial charge on any atom is -0.461 e. The lowest BCUT2D eigenvalue weighted by atomic mass is 10.2. The first kappa shape index (κ1) is 13.0. The summed E-state index contributed by atoms with van der Waals surface area (Å²) in [4.78, 5) is 15.6. The third-order valence-electron chi connectivity index (χ3n) is 3.82. The van der Waals surface area contributed by atoms with E-state index < -0.39 is 0 Å². The molecule has 4 heteroatoms. The van der Waals surface area contributed by atoms with Crippen LogP contribution in [0.25, 0.3) is 11.0 Å². The molecule has 1 saturated heterocycles. The number of piperazine rings is 1. The molecule has 1 aliphatic heterocycles. The number of nitrogens with zero attached hydrogens (tertiary/aromatic N) is 2. The van der Waals surface area contributed by atoms with E-state index in [2.05, 4.69) is 22.8 Å². The molecule has 3 rings (SSSR count). The Labute approximate surface area is 118 Å². The van der Waals surface area contributed by atoms with Crippen LogP contribution in [0.2, 0.25) is 0 Å². The van der Waals surface area contributed by atoms with Crippen LogP contribution in [0.1, 0.15) is 5.76 Å². The predicted octanol–water partition coefficient (Wildman–Crippen LogP) is 1.94. The number of para-hydroxylation sites is 1. The molecule has 1 aliphatic rings. The molecule has 0 bridgehead atoms. The second-order valence-electron chi connectivity index (χ2n) is 5.27. The second-order valence-corrected chi connectivity index (χ2v) is 5.27. The molecule has 1 fully saturated rings. The molecule has 0 aliphatic carbocycles. The summed E-state index contributed by atoms with van der Waals surface area (Å²) in [5.74, 6) is 2.92. The van der Waals surface area contributed by atoms with Gasteiger partial charge in [-0.2, -0.15) is 0 Å². The SMILES string of the molecule is CN1CCN(C(=C=O)Cc2cc3ccccc3o2)CC1. The average molecular weight is 270 g/mol. The quantitative estimate of drug-likeness (QED) is 0.799. The van der Waals surface area contributed by atoms with Crippen molar-refractivity contribution in [1.82, 2.24) is 9.80 Å². The van der Waals surface area contributed by atoms with Crippen molar-refractivity contribution in [2.45, 2.75) is 6.42 Å². The van der Waals surface area contributed by atoms with Gasteiger partial charge in [-0.1, -0.05) is 18.2 Å². The van der Waals surface area contributed by atoms with Crippen molar-refractivity contribution in [2.75, 3.05) is 33.2 Å². The van der Waals surface area contributed by atoms with E-state index in [1.54, 1.807) is 0 Å². The van der Waals surface area contributed by atoms with Gasteiger partial charge in [-0.25, -0.2) is 4.79 Å². The lowest BCUT2D eigenvalue weighted by molar-refractivity contribution is 0.184. The lowest BCUT2D eigenvalue weighted by Crippen LogP contribution is -2.44. The monoisotopic (exact) mass is 270 g/mol. The number of carbonyl (C=O) groups excluding carboxylic acids is 1. The predicted molar refractivity (Wildman–Crippen MR) is 78.2 cm³/mol. The van der Waals surface area contributed by atoms with E-state index in [-0.39, 0.29) is 0 Å². The molecule has 0 saturated carbocycles. The number of furan rings is 1. The summed E-state index contributed by atoms with van der Waals surface area (Å²) < 4.78 is 5.78. The maximum Gasteiger partial charge on any atom is 0.146 e. The molecule has 0 amide bonds. The Balaban J connectivity index is 1.76. The second kappa shape index (κ2) is 5.53. The molecule has 104 valence electrons. The minimum absolute atomic E-state index is 0.516. The van der Waals surface area contributed by atoms with E-state index >= 15 is 0 Å². The molecular weight excluding hydrogens is 252 g/mol. The molecule has 2 aromatic rings. The highest BCUT2D eigenvalue weighted by Crippen LogP contribution is 2.21. The van der Waals surface area contributed by atoms with Crippen molar-refractivity contribution in [3.05, 3.63) is 41.8 Å². The molecule has 4 nitrogen and oxygen atoms in total.